The number of nitrogens with one attached hydrogen (secondary N) is 3. The molecule has 2 aliphatic rings. The molecule has 1 aliphatic heterocycles. The number of esters is 1. The third kappa shape index (κ3) is 8.87. The Bertz CT molecular complexity index is 1890. The molecule has 0 amide bonds. The van der Waals surface area contributed by atoms with Crippen LogP contribution >= 0.6 is 12.2 Å². The fraction of sp³-hybridized carbons (Fsp3) is 0.343. The van der Waals surface area contributed by atoms with Crippen LogP contribution < -0.4 is 21.4 Å². The monoisotopic (exact) mass is 677 g/mol. The van der Waals surface area contributed by atoms with Gasteiger partial charge in [-0.05, 0) is 108 Å². The first-order valence-electron chi connectivity index (χ1n) is 15.3. The second kappa shape index (κ2) is 14.4. The number of hydrogen-bond acceptors (Lipinski definition) is 9. The van der Waals surface area contributed by atoms with Gasteiger partial charge in [0.25, 0.3) is 0 Å². The van der Waals surface area contributed by atoms with E-state index in [0.29, 0.717) is 53.6 Å². The number of aromatic carboxylic acids is 1. The van der Waals surface area contributed by atoms with Crippen molar-refractivity contribution in [2.24, 2.45) is 0 Å². The van der Waals surface area contributed by atoms with Crippen molar-refractivity contribution < 1.29 is 38.9 Å². The van der Waals surface area contributed by atoms with E-state index in [1.807, 2.05) is 0 Å². The Kier molecular flexibility index (Phi) is 10.8. The second-order valence-corrected chi connectivity index (χ2v) is 13.3. The number of benzene rings is 3. The van der Waals surface area contributed by atoms with Crippen molar-refractivity contribution in [3.8, 4) is 28.2 Å². The quantitative estimate of drug-likeness (QED) is 0.0472. The first-order valence-corrected chi connectivity index (χ1v) is 15.7. The number of thiocarbonyl (C=S) groups is 1. The average Bonchev–Trinajstić information content (AvgIpc) is 2.98. The lowest BCUT2D eigenvalue weighted by atomic mass is 9.90. The number of fused-ring (bicyclic) bond motifs is 2. The van der Waals surface area contributed by atoms with Crippen LogP contribution in [-0.4, -0.2) is 62.1 Å². The number of ether oxygens (including phenoxy) is 1. The van der Waals surface area contributed by atoms with Gasteiger partial charge >= 0.3 is 17.9 Å². The highest BCUT2D eigenvalue weighted by Gasteiger charge is 2.34. The minimum absolute atomic E-state index is 0.0270. The van der Waals surface area contributed by atoms with Crippen molar-refractivity contribution in [1.29, 1.82) is 0 Å². The molecule has 0 bridgehead atoms. The van der Waals surface area contributed by atoms with E-state index in [4.69, 9.17) is 21.4 Å². The molecule has 0 fully saturated rings. The minimum atomic E-state index is -1.34. The summed E-state index contributed by atoms with van der Waals surface area (Å²) in [5, 5.41) is 39.5. The van der Waals surface area contributed by atoms with Crippen LogP contribution in [0.5, 0.6) is 5.75 Å². The molecule has 4 rings (SSSR count). The van der Waals surface area contributed by atoms with E-state index >= 15 is 0 Å². The Morgan fingerprint density at radius 3 is 2.31 bits per heavy atom. The van der Waals surface area contributed by atoms with Gasteiger partial charge in [0.15, 0.2) is 10.5 Å². The lowest BCUT2D eigenvalue weighted by Crippen LogP contribution is -2.55. The van der Waals surface area contributed by atoms with Crippen LogP contribution in [0.15, 0.2) is 63.8 Å². The Balaban J connectivity index is 1.46. The van der Waals surface area contributed by atoms with Crippen LogP contribution in [0.2, 0.25) is 0 Å². The predicted octanol–water partition coefficient (Wildman–Crippen LogP) is 5.59. The Hall–Kier alpha value is -5.01. The molecular formula is C35H39N3O9S. The van der Waals surface area contributed by atoms with Crippen molar-refractivity contribution in [1.82, 2.24) is 10.6 Å². The number of anilines is 1. The summed E-state index contributed by atoms with van der Waals surface area (Å²) in [6.07, 6.45) is 1.48. The van der Waals surface area contributed by atoms with Crippen molar-refractivity contribution in [3.63, 3.8) is 0 Å². The van der Waals surface area contributed by atoms with Crippen molar-refractivity contribution in [2.45, 2.75) is 71.1 Å². The van der Waals surface area contributed by atoms with Crippen molar-refractivity contribution in [2.75, 3.05) is 11.9 Å². The summed E-state index contributed by atoms with van der Waals surface area (Å²) in [7, 11) is 0. The molecule has 0 aromatic heterocycles. The fourth-order valence-corrected chi connectivity index (χ4v) is 5.36. The molecular weight excluding hydrogens is 638 g/mol. The largest absolute Gasteiger partial charge is 0.508 e. The highest BCUT2D eigenvalue weighted by Crippen LogP contribution is 2.42. The summed E-state index contributed by atoms with van der Waals surface area (Å²) >= 11 is 5.44. The number of aromatic hydroxyl groups is 1. The molecule has 1 atom stereocenters. The molecule has 0 spiro atoms. The van der Waals surface area contributed by atoms with Gasteiger partial charge in [-0.1, -0.05) is 6.07 Å². The molecule has 48 heavy (non-hydrogen) atoms. The summed E-state index contributed by atoms with van der Waals surface area (Å²) in [6, 6.07) is 12.7. The summed E-state index contributed by atoms with van der Waals surface area (Å²) in [5.41, 5.74) is -0.231. The van der Waals surface area contributed by atoms with E-state index in [2.05, 4.69) is 16.0 Å². The standard InChI is InChI=1S/C35H39N3O9S/c1-34(2,3)47-31(43)26(38-35(4,5)32(44)45)8-6-7-15-36-33(48)37-19-9-12-22(25(16-19)30(41)42)29-23-13-10-20(39)17-27(23)46-28-18-21(40)11-14-24(28)29/h9-14,16-18,26,38-39H,6-8,15H2,1-5H3,(H,41,42)(H,44,45)(H2,36,37,48)/t26-/m0/s1. The summed E-state index contributed by atoms with van der Waals surface area (Å²) < 4.78 is 11.4. The van der Waals surface area contributed by atoms with Crippen LogP contribution in [0, 0.1) is 0 Å². The number of phenols is 1. The van der Waals surface area contributed by atoms with E-state index in [9.17, 15) is 34.5 Å². The minimum Gasteiger partial charge on any atom is -0.508 e. The second-order valence-electron chi connectivity index (χ2n) is 12.9. The summed E-state index contributed by atoms with van der Waals surface area (Å²) in [4.78, 5) is 49.0. The van der Waals surface area contributed by atoms with Gasteiger partial charge in [0.1, 0.15) is 34.3 Å². The van der Waals surface area contributed by atoms with Gasteiger partial charge in [0.05, 0.1) is 5.56 Å². The zero-order valence-corrected chi connectivity index (χ0v) is 28.1. The Morgan fingerprint density at radius 1 is 0.938 bits per heavy atom. The van der Waals surface area contributed by atoms with Gasteiger partial charge in [0, 0.05) is 40.9 Å². The highest BCUT2D eigenvalue weighted by molar-refractivity contribution is 7.80. The molecule has 0 radical (unpaired) electrons. The normalized spacial score (nSPS) is 12.4. The maximum absolute atomic E-state index is 12.8. The first kappa shape index (κ1) is 35.8. The average molecular weight is 678 g/mol. The van der Waals surface area contributed by atoms with E-state index in [0.717, 1.165) is 0 Å². The van der Waals surface area contributed by atoms with E-state index in [-0.39, 0.29) is 33.2 Å². The Morgan fingerprint density at radius 2 is 1.65 bits per heavy atom. The number of unbranched alkanes of at least 4 members (excludes halogenated alkanes) is 1. The SMILES string of the molecule is CC(C)(C)OC(=O)[C@H](CCCCNC(=S)Nc1ccc(-c2c3ccc(=O)cc-3oc3cc(O)ccc23)c(C(=O)O)c1)NC(C)(C)C(=O)O. The number of carboxylic acid groups (broad SMARTS) is 2. The van der Waals surface area contributed by atoms with E-state index in [1.54, 1.807) is 45.0 Å². The van der Waals surface area contributed by atoms with Crippen LogP contribution in [0.3, 0.4) is 0 Å². The van der Waals surface area contributed by atoms with Crippen molar-refractivity contribution >= 4 is 51.9 Å². The van der Waals surface area contributed by atoms with Crippen LogP contribution in [0.4, 0.5) is 5.69 Å². The van der Waals surface area contributed by atoms with Gasteiger partial charge in [-0.15, -0.1) is 0 Å². The molecule has 12 nitrogen and oxygen atoms in total. The van der Waals surface area contributed by atoms with Crippen LogP contribution in [0.1, 0.15) is 64.2 Å². The van der Waals surface area contributed by atoms with Gasteiger partial charge in [0.2, 0.25) is 0 Å². The third-order valence-corrected chi connectivity index (χ3v) is 7.67. The number of hydrogen-bond donors (Lipinski definition) is 6. The smallest absolute Gasteiger partial charge is 0.336 e. The lowest BCUT2D eigenvalue weighted by Gasteiger charge is -2.30. The third-order valence-electron chi connectivity index (χ3n) is 7.42. The molecule has 2 aromatic rings. The Labute approximate surface area is 282 Å². The molecule has 0 saturated heterocycles. The zero-order valence-electron chi connectivity index (χ0n) is 27.3. The van der Waals surface area contributed by atoms with Gasteiger partial charge in [-0.25, -0.2) is 4.79 Å². The summed E-state index contributed by atoms with van der Waals surface area (Å²) in [6.45, 7) is 8.62. The molecule has 1 heterocycles. The zero-order chi connectivity index (χ0) is 35.4. The molecule has 2 aromatic carbocycles. The van der Waals surface area contributed by atoms with E-state index in [1.165, 1.54) is 44.2 Å². The number of carboxylic acids is 2. The number of carbonyl (C=O) groups excluding carboxylic acids is 1. The fourth-order valence-electron chi connectivity index (χ4n) is 5.14. The number of aliphatic carboxylic acids is 1. The number of phenolic OH excluding ortho intramolecular Hbond substituents is 1. The van der Waals surface area contributed by atoms with Crippen LogP contribution in [0.25, 0.3) is 33.4 Å². The predicted molar refractivity (Wildman–Crippen MR) is 186 cm³/mol. The number of carbonyl (C=O) groups is 3. The molecule has 13 heteroatoms. The van der Waals surface area contributed by atoms with E-state index < -0.39 is 35.1 Å². The van der Waals surface area contributed by atoms with Crippen LogP contribution in [-0.2, 0) is 14.3 Å². The molecule has 6 N–H and O–H groups in total. The molecule has 254 valence electrons. The molecule has 1 aliphatic carbocycles. The lowest BCUT2D eigenvalue weighted by molar-refractivity contribution is -0.159. The van der Waals surface area contributed by atoms with Gasteiger partial charge in [-0.2, -0.15) is 0 Å². The van der Waals surface area contributed by atoms with Gasteiger partial charge in [-0.3, -0.25) is 19.7 Å². The maximum atomic E-state index is 12.8. The maximum Gasteiger partial charge on any atom is 0.336 e. The first-order chi connectivity index (χ1) is 22.4. The number of rotatable bonds is 12. The summed E-state index contributed by atoms with van der Waals surface area (Å²) in [5.74, 6) is -2.60. The molecule has 0 unspecified atom stereocenters. The van der Waals surface area contributed by atoms with Gasteiger partial charge < -0.3 is 35.1 Å². The highest BCUT2D eigenvalue weighted by atomic mass is 32.1. The topological polar surface area (TPSA) is 187 Å². The molecule has 0 saturated carbocycles. The van der Waals surface area contributed by atoms with Crippen molar-refractivity contribution in [3.05, 3.63) is 70.4 Å².